The van der Waals surface area contributed by atoms with Gasteiger partial charge in [0.1, 0.15) is 17.4 Å². The van der Waals surface area contributed by atoms with E-state index in [1.165, 1.54) is 27.7 Å². The summed E-state index contributed by atoms with van der Waals surface area (Å²) in [5.41, 5.74) is 4.66. The zero-order chi connectivity index (χ0) is 20.7. The van der Waals surface area contributed by atoms with Crippen molar-refractivity contribution in [1.29, 1.82) is 0 Å². The maximum absolute atomic E-state index is 13.3. The predicted octanol–water partition coefficient (Wildman–Crippen LogP) is 1.88. The number of halogens is 1. The van der Waals surface area contributed by atoms with E-state index in [-0.39, 0.29) is 23.8 Å². The van der Waals surface area contributed by atoms with Crippen LogP contribution in [0.3, 0.4) is 0 Å². The van der Waals surface area contributed by atoms with Crippen LogP contribution in [0.2, 0.25) is 0 Å². The highest BCUT2D eigenvalue weighted by Gasteiger charge is 2.24. The predicted molar refractivity (Wildman–Crippen MR) is 105 cm³/mol. The van der Waals surface area contributed by atoms with E-state index in [4.69, 9.17) is 10.5 Å². The number of anilines is 2. The van der Waals surface area contributed by atoms with Gasteiger partial charge in [0.05, 0.1) is 0 Å². The first-order chi connectivity index (χ1) is 13.4. The van der Waals surface area contributed by atoms with E-state index in [2.05, 4.69) is 4.98 Å². The fourth-order valence-electron chi connectivity index (χ4n) is 2.74. The molecule has 2 rings (SSSR count). The van der Waals surface area contributed by atoms with Gasteiger partial charge < -0.3 is 15.4 Å². The third-order valence-electron chi connectivity index (χ3n) is 4.13. The molecule has 1 aromatic heterocycles. The summed E-state index contributed by atoms with van der Waals surface area (Å²) >= 11 is 0. The maximum atomic E-state index is 13.3. The smallest absolute Gasteiger partial charge is 0.330 e. The Bertz CT molecular complexity index is 938. The van der Waals surface area contributed by atoms with Crippen LogP contribution in [0.5, 0.6) is 5.75 Å². The molecule has 0 saturated heterocycles. The molecule has 1 heterocycles. The average Bonchev–Trinajstić information content (AvgIpc) is 2.65. The van der Waals surface area contributed by atoms with Crippen molar-refractivity contribution in [3.05, 3.63) is 50.9 Å². The van der Waals surface area contributed by atoms with Gasteiger partial charge in [-0.05, 0) is 25.0 Å². The van der Waals surface area contributed by atoms with Gasteiger partial charge in [0.15, 0.2) is 12.3 Å². The third-order valence-corrected chi connectivity index (χ3v) is 4.13. The van der Waals surface area contributed by atoms with Crippen molar-refractivity contribution in [3.63, 3.8) is 0 Å². The Labute approximate surface area is 161 Å². The van der Waals surface area contributed by atoms with Gasteiger partial charge in [0.25, 0.3) is 11.5 Å². The number of nitrogens with two attached hydrogens (primary N) is 1. The zero-order valence-corrected chi connectivity index (χ0v) is 16.0. The number of nitrogens with zero attached hydrogens (tertiary/aromatic N) is 2. The van der Waals surface area contributed by atoms with Crippen molar-refractivity contribution < 1.29 is 13.9 Å². The number of carbonyl (C=O) groups excluding carboxylic acids is 1. The Hall–Kier alpha value is -3.10. The summed E-state index contributed by atoms with van der Waals surface area (Å²) in [6.45, 7) is 3.94. The van der Waals surface area contributed by atoms with Gasteiger partial charge in [-0.3, -0.25) is 19.1 Å². The highest BCUT2D eigenvalue weighted by molar-refractivity contribution is 5.96. The number of hydrogen-bond acceptors (Lipinski definition) is 5. The Morgan fingerprint density at radius 2 is 2.04 bits per heavy atom. The largest absolute Gasteiger partial charge is 0.484 e. The Kier molecular flexibility index (Phi) is 7.36. The summed E-state index contributed by atoms with van der Waals surface area (Å²) in [5.74, 6) is -0.877. The standard InChI is InChI=1S/C19H25FN4O4/c1-3-5-10-24-17(21)16(18(26)22-19(24)27)23(9-4-2)15(25)12-28-14-8-6-7-13(20)11-14/h6-8,11H,3-5,9-10,12,21H2,1-2H3,(H,22,26,27). The molecule has 0 aliphatic rings. The van der Waals surface area contributed by atoms with Crippen LogP contribution in [0.4, 0.5) is 15.9 Å². The fourth-order valence-corrected chi connectivity index (χ4v) is 2.74. The molecule has 2 aromatic rings. The molecule has 0 radical (unpaired) electrons. The van der Waals surface area contributed by atoms with E-state index in [1.54, 1.807) is 0 Å². The molecule has 0 atom stereocenters. The maximum Gasteiger partial charge on any atom is 0.330 e. The number of aromatic nitrogens is 2. The van der Waals surface area contributed by atoms with Gasteiger partial charge in [-0.1, -0.05) is 26.3 Å². The molecule has 0 saturated carbocycles. The fraction of sp³-hybridized carbons (Fsp3) is 0.421. The van der Waals surface area contributed by atoms with Crippen molar-refractivity contribution in [2.75, 3.05) is 23.8 Å². The van der Waals surface area contributed by atoms with Crippen LogP contribution in [0.1, 0.15) is 33.1 Å². The molecule has 28 heavy (non-hydrogen) atoms. The van der Waals surface area contributed by atoms with Crippen LogP contribution < -0.4 is 26.6 Å². The molecular weight excluding hydrogens is 367 g/mol. The van der Waals surface area contributed by atoms with Crippen molar-refractivity contribution in [3.8, 4) is 5.75 Å². The van der Waals surface area contributed by atoms with E-state index < -0.39 is 29.6 Å². The van der Waals surface area contributed by atoms with Crippen LogP contribution in [0.25, 0.3) is 0 Å². The SMILES string of the molecule is CCCCn1c(N)c(N(CCC)C(=O)COc2cccc(F)c2)c(=O)[nH]c1=O. The summed E-state index contributed by atoms with van der Waals surface area (Å²) in [5, 5.41) is 0. The zero-order valence-electron chi connectivity index (χ0n) is 16.0. The van der Waals surface area contributed by atoms with E-state index >= 15 is 0 Å². The molecule has 0 unspecified atom stereocenters. The number of ether oxygens (including phenoxy) is 1. The lowest BCUT2D eigenvalue weighted by molar-refractivity contribution is -0.120. The second kappa shape index (κ2) is 9.72. The first-order valence-electron chi connectivity index (χ1n) is 9.20. The number of amides is 1. The molecular formula is C19H25FN4O4. The number of rotatable bonds is 9. The first-order valence-corrected chi connectivity index (χ1v) is 9.20. The minimum atomic E-state index is -0.734. The van der Waals surface area contributed by atoms with Crippen molar-refractivity contribution in [1.82, 2.24) is 9.55 Å². The van der Waals surface area contributed by atoms with E-state index in [0.29, 0.717) is 19.4 Å². The van der Waals surface area contributed by atoms with Gasteiger partial charge in [-0.25, -0.2) is 9.18 Å². The molecule has 0 spiro atoms. The third kappa shape index (κ3) is 4.99. The molecule has 0 aliphatic carbocycles. The summed E-state index contributed by atoms with van der Waals surface area (Å²) in [6, 6.07) is 5.40. The van der Waals surface area contributed by atoms with Crippen molar-refractivity contribution >= 4 is 17.4 Å². The number of hydrogen-bond donors (Lipinski definition) is 2. The number of H-pyrrole nitrogens is 1. The normalized spacial score (nSPS) is 10.7. The molecule has 0 bridgehead atoms. The summed E-state index contributed by atoms with van der Waals surface area (Å²) in [4.78, 5) is 40.6. The summed E-state index contributed by atoms with van der Waals surface area (Å²) < 4.78 is 19.9. The number of carbonyl (C=O) groups is 1. The Morgan fingerprint density at radius 1 is 1.29 bits per heavy atom. The molecule has 8 nitrogen and oxygen atoms in total. The highest BCUT2D eigenvalue weighted by atomic mass is 19.1. The van der Waals surface area contributed by atoms with Crippen LogP contribution in [0, 0.1) is 5.82 Å². The molecule has 1 amide bonds. The monoisotopic (exact) mass is 392 g/mol. The highest BCUT2D eigenvalue weighted by Crippen LogP contribution is 2.19. The van der Waals surface area contributed by atoms with Gasteiger partial charge in [-0.2, -0.15) is 0 Å². The Morgan fingerprint density at radius 3 is 2.68 bits per heavy atom. The molecule has 0 fully saturated rings. The molecule has 0 aliphatic heterocycles. The first kappa shape index (κ1) is 21.2. The van der Waals surface area contributed by atoms with E-state index in [1.807, 2.05) is 13.8 Å². The molecule has 9 heteroatoms. The minimum absolute atomic E-state index is 0.0604. The number of unbranched alkanes of at least 4 members (excludes halogenated alkanes) is 1. The van der Waals surface area contributed by atoms with Gasteiger partial charge in [0, 0.05) is 19.2 Å². The van der Waals surface area contributed by atoms with E-state index in [9.17, 15) is 18.8 Å². The summed E-state index contributed by atoms with van der Waals surface area (Å²) in [6.07, 6.45) is 2.08. The minimum Gasteiger partial charge on any atom is -0.484 e. The molecule has 1 aromatic carbocycles. The second-order valence-corrected chi connectivity index (χ2v) is 6.29. The van der Waals surface area contributed by atoms with Gasteiger partial charge >= 0.3 is 5.69 Å². The second-order valence-electron chi connectivity index (χ2n) is 6.29. The van der Waals surface area contributed by atoms with E-state index in [0.717, 1.165) is 12.5 Å². The number of benzene rings is 1. The van der Waals surface area contributed by atoms with Crippen molar-refractivity contribution in [2.24, 2.45) is 0 Å². The van der Waals surface area contributed by atoms with Crippen LogP contribution in [-0.4, -0.2) is 28.6 Å². The molecule has 152 valence electrons. The lowest BCUT2D eigenvalue weighted by atomic mass is 10.3. The molecule has 3 N–H and O–H groups in total. The van der Waals surface area contributed by atoms with Crippen LogP contribution in [-0.2, 0) is 11.3 Å². The number of nitrogen functional groups attached to an aromatic ring is 1. The quantitative estimate of drug-likeness (QED) is 0.677. The summed E-state index contributed by atoms with van der Waals surface area (Å²) in [7, 11) is 0. The van der Waals surface area contributed by atoms with Gasteiger partial charge in [-0.15, -0.1) is 0 Å². The lowest BCUT2D eigenvalue weighted by Gasteiger charge is -2.24. The van der Waals surface area contributed by atoms with Crippen LogP contribution in [0.15, 0.2) is 33.9 Å². The average molecular weight is 392 g/mol. The Balaban J connectivity index is 2.33. The number of aromatic amines is 1. The lowest BCUT2D eigenvalue weighted by Crippen LogP contribution is -2.43. The van der Waals surface area contributed by atoms with Crippen LogP contribution >= 0.6 is 0 Å². The number of nitrogens with one attached hydrogen (secondary N) is 1. The van der Waals surface area contributed by atoms with Gasteiger partial charge in [0.2, 0.25) is 0 Å². The van der Waals surface area contributed by atoms with Crippen molar-refractivity contribution in [2.45, 2.75) is 39.7 Å². The topological polar surface area (TPSA) is 110 Å².